The average Bonchev–Trinajstić information content (AvgIpc) is 2.72. The van der Waals surface area contributed by atoms with E-state index in [1.54, 1.807) is 19.1 Å². The fourth-order valence-electron chi connectivity index (χ4n) is 3.29. The molecular formula is C22H24N5O4+. The van der Waals surface area contributed by atoms with Crippen molar-refractivity contribution < 1.29 is 14.6 Å². The summed E-state index contributed by atoms with van der Waals surface area (Å²) in [6.45, 7) is 2.63. The summed E-state index contributed by atoms with van der Waals surface area (Å²) < 4.78 is 1.25. The van der Waals surface area contributed by atoms with Crippen molar-refractivity contribution in [2.24, 2.45) is 0 Å². The molecule has 31 heavy (non-hydrogen) atoms. The lowest BCUT2D eigenvalue weighted by atomic mass is 10.1. The molecule has 0 aliphatic rings. The number of carbonyl (C=O) groups is 1. The number of nitrogens with zero attached hydrogens (tertiary/aromatic N) is 3. The zero-order chi connectivity index (χ0) is 22.5. The maximum absolute atomic E-state index is 12.8. The summed E-state index contributed by atoms with van der Waals surface area (Å²) in [6, 6.07) is 15.0. The molecule has 2 aromatic carbocycles. The molecule has 0 saturated heterocycles. The van der Waals surface area contributed by atoms with E-state index in [4.69, 9.17) is 0 Å². The predicted molar refractivity (Wildman–Crippen MR) is 115 cm³/mol. The standard InChI is InChI=1S/C22H23N5O4/c1-15-12-20(28)21(24-26(15)18-10-6-7-11-19(18)27(30)31)22(29)23-13-16-8-4-5-9-17(16)14-25(2)3/h4-12H,13-14H2,1-3H3,(H,23,29)/p+1. The van der Waals surface area contributed by atoms with Gasteiger partial charge in [-0.3, -0.25) is 19.7 Å². The molecule has 0 aliphatic carbocycles. The van der Waals surface area contributed by atoms with Gasteiger partial charge < -0.3 is 10.2 Å². The quantitative estimate of drug-likeness (QED) is 0.436. The van der Waals surface area contributed by atoms with Gasteiger partial charge in [0, 0.05) is 29.9 Å². The lowest BCUT2D eigenvalue weighted by Gasteiger charge is -2.14. The van der Waals surface area contributed by atoms with E-state index in [0.29, 0.717) is 5.69 Å². The van der Waals surface area contributed by atoms with Gasteiger partial charge in [0.2, 0.25) is 5.43 Å². The van der Waals surface area contributed by atoms with E-state index in [2.05, 4.69) is 10.4 Å². The van der Waals surface area contributed by atoms with Crippen molar-refractivity contribution >= 4 is 11.6 Å². The predicted octanol–water partition coefficient (Wildman–Crippen LogP) is 1.02. The Kier molecular flexibility index (Phi) is 6.56. The minimum absolute atomic E-state index is 0.173. The Morgan fingerprint density at radius 1 is 1.13 bits per heavy atom. The van der Waals surface area contributed by atoms with E-state index in [0.717, 1.165) is 17.7 Å². The number of nitro benzene ring substituents is 1. The van der Waals surface area contributed by atoms with Gasteiger partial charge >= 0.3 is 0 Å². The number of carbonyl (C=O) groups excluding carboxylic acids is 1. The normalized spacial score (nSPS) is 10.8. The summed E-state index contributed by atoms with van der Waals surface area (Å²) in [5.74, 6) is -0.635. The SMILES string of the molecule is Cc1cc(=O)c(C(=O)NCc2ccccc2C[NH+](C)C)nn1-c1ccccc1[N+](=O)[O-]. The average molecular weight is 422 g/mol. The van der Waals surface area contributed by atoms with Crippen molar-refractivity contribution in [1.29, 1.82) is 0 Å². The van der Waals surface area contributed by atoms with E-state index in [9.17, 15) is 19.7 Å². The van der Waals surface area contributed by atoms with Crippen LogP contribution in [-0.4, -0.2) is 34.7 Å². The number of hydrogen-bond donors (Lipinski definition) is 2. The van der Waals surface area contributed by atoms with Gasteiger partial charge in [0.15, 0.2) is 5.69 Å². The second-order valence-electron chi connectivity index (χ2n) is 7.49. The molecule has 0 bridgehead atoms. The number of aromatic nitrogens is 2. The molecule has 0 spiro atoms. The number of amides is 1. The van der Waals surface area contributed by atoms with Gasteiger partial charge in [0.1, 0.15) is 12.2 Å². The van der Waals surface area contributed by atoms with Crippen molar-refractivity contribution in [2.45, 2.75) is 20.0 Å². The van der Waals surface area contributed by atoms with Gasteiger partial charge in [-0.1, -0.05) is 36.4 Å². The fourth-order valence-corrected chi connectivity index (χ4v) is 3.29. The third kappa shape index (κ3) is 5.01. The van der Waals surface area contributed by atoms with Crippen LogP contribution in [0.2, 0.25) is 0 Å². The number of nitrogens with one attached hydrogen (secondary N) is 2. The van der Waals surface area contributed by atoms with Crippen molar-refractivity contribution in [3.63, 3.8) is 0 Å². The zero-order valence-electron chi connectivity index (χ0n) is 17.6. The van der Waals surface area contributed by atoms with E-state index in [1.165, 1.54) is 27.8 Å². The highest BCUT2D eigenvalue weighted by molar-refractivity contribution is 5.92. The van der Waals surface area contributed by atoms with Crippen LogP contribution in [0.4, 0.5) is 5.69 Å². The van der Waals surface area contributed by atoms with Crippen LogP contribution in [0.1, 0.15) is 27.3 Å². The summed E-state index contributed by atoms with van der Waals surface area (Å²) in [5.41, 5.74) is 1.57. The molecule has 2 N–H and O–H groups in total. The van der Waals surface area contributed by atoms with Crippen LogP contribution >= 0.6 is 0 Å². The van der Waals surface area contributed by atoms with Crippen LogP contribution in [-0.2, 0) is 13.1 Å². The first-order valence-electron chi connectivity index (χ1n) is 9.76. The van der Waals surface area contributed by atoms with Gasteiger partial charge in [-0.15, -0.1) is 0 Å². The van der Waals surface area contributed by atoms with Crippen molar-refractivity contribution in [3.05, 3.63) is 97.4 Å². The van der Waals surface area contributed by atoms with Gasteiger partial charge in [0.05, 0.1) is 19.0 Å². The molecular weight excluding hydrogens is 398 g/mol. The smallest absolute Gasteiger partial charge is 0.294 e. The molecule has 0 saturated carbocycles. The maximum Gasteiger partial charge on any atom is 0.294 e. The zero-order valence-corrected chi connectivity index (χ0v) is 17.6. The summed E-state index contributed by atoms with van der Waals surface area (Å²) in [7, 11) is 4.08. The van der Waals surface area contributed by atoms with Crippen LogP contribution in [0.15, 0.2) is 59.4 Å². The molecule has 0 unspecified atom stereocenters. The molecule has 9 heteroatoms. The van der Waals surface area contributed by atoms with E-state index < -0.39 is 16.3 Å². The Labute approximate surface area is 179 Å². The first kappa shape index (κ1) is 21.8. The maximum atomic E-state index is 12.8. The minimum atomic E-state index is -0.635. The van der Waals surface area contributed by atoms with E-state index in [1.807, 2.05) is 38.4 Å². The fraction of sp³-hybridized carbons (Fsp3) is 0.227. The van der Waals surface area contributed by atoms with Crippen LogP contribution in [0, 0.1) is 17.0 Å². The number of rotatable bonds is 7. The summed E-state index contributed by atoms with van der Waals surface area (Å²) >= 11 is 0. The first-order valence-corrected chi connectivity index (χ1v) is 9.76. The summed E-state index contributed by atoms with van der Waals surface area (Å²) in [4.78, 5) is 37.3. The largest absolute Gasteiger partial charge is 0.346 e. The van der Waals surface area contributed by atoms with E-state index >= 15 is 0 Å². The molecule has 1 heterocycles. The number of nitro groups is 1. The topological polar surface area (TPSA) is 112 Å². The Balaban J connectivity index is 1.91. The Morgan fingerprint density at radius 3 is 2.45 bits per heavy atom. The second-order valence-corrected chi connectivity index (χ2v) is 7.49. The second kappa shape index (κ2) is 9.31. The van der Waals surface area contributed by atoms with E-state index in [-0.39, 0.29) is 23.6 Å². The van der Waals surface area contributed by atoms with Crippen molar-refractivity contribution in [2.75, 3.05) is 14.1 Å². The van der Waals surface area contributed by atoms with Crippen LogP contribution in [0.25, 0.3) is 5.69 Å². The monoisotopic (exact) mass is 422 g/mol. The molecule has 1 amide bonds. The highest BCUT2D eigenvalue weighted by Gasteiger charge is 2.20. The number of hydrogen-bond acceptors (Lipinski definition) is 5. The molecule has 9 nitrogen and oxygen atoms in total. The molecule has 1 aromatic heterocycles. The van der Waals surface area contributed by atoms with Crippen molar-refractivity contribution in [3.8, 4) is 5.69 Å². The Bertz CT molecular complexity index is 1190. The van der Waals surface area contributed by atoms with Gasteiger partial charge in [0.25, 0.3) is 11.6 Å². The van der Waals surface area contributed by atoms with Gasteiger partial charge in [-0.2, -0.15) is 5.10 Å². The number of aryl methyl sites for hydroxylation is 1. The number of benzene rings is 2. The molecule has 160 valence electrons. The molecule has 0 aliphatic heterocycles. The highest BCUT2D eigenvalue weighted by Crippen LogP contribution is 2.22. The van der Waals surface area contributed by atoms with Crippen LogP contribution in [0.3, 0.4) is 0 Å². The molecule has 0 atom stereocenters. The molecule has 3 rings (SSSR count). The Hall–Kier alpha value is -3.85. The highest BCUT2D eigenvalue weighted by atomic mass is 16.6. The molecule has 0 radical (unpaired) electrons. The van der Waals surface area contributed by atoms with Gasteiger partial charge in [-0.05, 0) is 18.6 Å². The first-order chi connectivity index (χ1) is 14.8. The summed E-state index contributed by atoms with van der Waals surface area (Å²) in [5, 5.41) is 18.3. The van der Waals surface area contributed by atoms with Gasteiger partial charge in [-0.25, -0.2) is 4.68 Å². The molecule has 3 aromatic rings. The summed E-state index contributed by atoms with van der Waals surface area (Å²) in [6.07, 6.45) is 0. The van der Waals surface area contributed by atoms with Crippen molar-refractivity contribution in [1.82, 2.24) is 15.1 Å². The molecule has 0 fully saturated rings. The number of quaternary nitrogens is 1. The van der Waals surface area contributed by atoms with Crippen LogP contribution in [0.5, 0.6) is 0 Å². The lowest BCUT2D eigenvalue weighted by Crippen LogP contribution is -3.04. The number of para-hydroxylation sites is 2. The third-order valence-electron chi connectivity index (χ3n) is 4.73. The van der Waals surface area contributed by atoms with Crippen LogP contribution < -0.4 is 15.6 Å². The third-order valence-corrected chi connectivity index (χ3v) is 4.73. The minimum Gasteiger partial charge on any atom is -0.346 e. The Morgan fingerprint density at radius 2 is 1.77 bits per heavy atom. The lowest BCUT2D eigenvalue weighted by molar-refractivity contribution is -0.872.